The van der Waals surface area contributed by atoms with Crippen LogP contribution in [0.4, 0.5) is 0 Å². The van der Waals surface area contributed by atoms with Crippen LogP contribution >= 0.6 is 15.9 Å². The van der Waals surface area contributed by atoms with Crippen molar-refractivity contribution in [2.75, 3.05) is 0 Å². The predicted molar refractivity (Wildman–Crippen MR) is 51.6 cm³/mol. The molecule has 13 heavy (non-hydrogen) atoms. The molecule has 1 N–H and O–H groups in total. The molecule has 0 atom stereocenters. The van der Waals surface area contributed by atoms with Gasteiger partial charge in [0.2, 0.25) is 0 Å². The molecule has 0 spiro atoms. The van der Waals surface area contributed by atoms with Crippen LogP contribution in [0.15, 0.2) is 10.8 Å². The number of hydrogen-bond acceptors (Lipinski definition) is 2. The molecule has 0 aromatic carbocycles. The summed E-state index contributed by atoms with van der Waals surface area (Å²) in [5.74, 6) is -0.781. The van der Waals surface area contributed by atoms with Gasteiger partial charge < -0.3 is 5.11 Å². The third-order valence-electron chi connectivity index (χ3n) is 1.75. The molecular weight excluding hydrogens is 236 g/mol. The molecule has 0 aliphatic carbocycles. The lowest BCUT2D eigenvalue weighted by molar-refractivity contribution is -0.136. The highest BCUT2D eigenvalue weighted by atomic mass is 79.9. The molecule has 72 valence electrons. The molecule has 5 heteroatoms. The van der Waals surface area contributed by atoms with Crippen molar-refractivity contribution in [3.63, 3.8) is 0 Å². The lowest BCUT2D eigenvalue weighted by atomic mass is 10.2. The van der Waals surface area contributed by atoms with Gasteiger partial charge in [-0.1, -0.05) is 0 Å². The van der Waals surface area contributed by atoms with E-state index in [2.05, 4.69) is 21.0 Å². The van der Waals surface area contributed by atoms with E-state index in [1.165, 1.54) is 0 Å². The van der Waals surface area contributed by atoms with E-state index in [0.717, 1.165) is 16.7 Å². The van der Waals surface area contributed by atoms with Crippen LogP contribution in [0.5, 0.6) is 0 Å². The highest BCUT2D eigenvalue weighted by Gasteiger charge is 2.07. The Balaban J connectivity index is 2.67. The zero-order chi connectivity index (χ0) is 9.84. The summed E-state index contributed by atoms with van der Waals surface area (Å²) in [4.78, 5) is 10.3. The second-order valence-electron chi connectivity index (χ2n) is 2.67. The number of carboxylic acids is 1. The largest absolute Gasteiger partial charge is 0.481 e. The van der Waals surface area contributed by atoms with Crippen molar-refractivity contribution in [3.05, 3.63) is 16.4 Å². The van der Waals surface area contributed by atoms with Gasteiger partial charge in [-0.15, -0.1) is 0 Å². The molecular formula is C8H11BrN2O2. The van der Waals surface area contributed by atoms with E-state index in [9.17, 15) is 4.79 Å². The first kappa shape index (κ1) is 10.2. The van der Waals surface area contributed by atoms with Gasteiger partial charge in [0.25, 0.3) is 0 Å². The van der Waals surface area contributed by atoms with Gasteiger partial charge in [0.15, 0.2) is 0 Å². The zero-order valence-corrected chi connectivity index (χ0v) is 8.91. The van der Waals surface area contributed by atoms with Gasteiger partial charge in [0.1, 0.15) is 4.60 Å². The number of aromatic nitrogens is 2. The van der Waals surface area contributed by atoms with Crippen LogP contribution in [0.25, 0.3) is 0 Å². The average Bonchev–Trinajstić information content (AvgIpc) is 2.43. The van der Waals surface area contributed by atoms with E-state index in [-0.39, 0.29) is 6.42 Å². The van der Waals surface area contributed by atoms with Crippen LogP contribution in [0, 0.1) is 0 Å². The van der Waals surface area contributed by atoms with E-state index in [1.54, 1.807) is 10.9 Å². The van der Waals surface area contributed by atoms with E-state index in [1.807, 2.05) is 6.92 Å². The Labute approximate surface area is 84.7 Å². The Kier molecular flexibility index (Phi) is 3.48. The Morgan fingerprint density at radius 1 is 1.77 bits per heavy atom. The number of aryl methyl sites for hydroxylation is 2. The smallest absolute Gasteiger partial charge is 0.303 e. The molecule has 0 unspecified atom stereocenters. The van der Waals surface area contributed by atoms with Gasteiger partial charge in [0, 0.05) is 18.5 Å². The topological polar surface area (TPSA) is 55.1 Å². The first-order chi connectivity index (χ1) is 6.15. The van der Waals surface area contributed by atoms with E-state index in [4.69, 9.17) is 5.11 Å². The van der Waals surface area contributed by atoms with Crippen LogP contribution in [-0.4, -0.2) is 20.9 Å². The van der Waals surface area contributed by atoms with E-state index in [0.29, 0.717) is 6.42 Å². The minimum atomic E-state index is -0.781. The van der Waals surface area contributed by atoms with E-state index < -0.39 is 5.97 Å². The fraction of sp³-hybridized carbons (Fsp3) is 0.500. The standard InChI is InChI=1S/C8H11BrN2O2/c1-2-11-8(9)6(5-10-11)3-4-7(12)13/h5H,2-4H2,1H3,(H,12,13). The van der Waals surface area contributed by atoms with Crippen molar-refractivity contribution in [3.8, 4) is 0 Å². The monoisotopic (exact) mass is 246 g/mol. The Morgan fingerprint density at radius 2 is 2.46 bits per heavy atom. The van der Waals surface area contributed by atoms with Gasteiger partial charge in [-0.05, 0) is 29.3 Å². The summed E-state index contributed by atoms with van der Waals surface area (Å²) in [6, 6.07) is 0. The molecule has 0 saturated heterocycles. The van der Waals surface area contributed by atoms with Crippen molar-refractivity contribution < 1.29 is 9.90 Å². The molecule has 0 aliphatic rings. The van der Waals surface area contributed by atoms with Crippen molar-refractivity contribution in [2.45, 2.75) is 26.3 Å². The summed E-state index contributed by atoms with van der Waals surface area (Å²) in [6.45, 7) is 2.77. The molecule has 1 heterocycles. The van der Waals surface area contributed by atoms with Crippen LogP contribution < -0.4 is 0 Å². The number of nitrogens with zero attached hydrogens (tertiary/aromatic N) is 2. The lowest BCUT2D eigenvalue weighted by Gasteiger charge is -1.98. The highest BCUT2D eigenvalue weighted by Crippen LogP contribution is 2.17. The van der Waals surface area contributed by atoms with Crippen molar-refractivity contribution in [1.82, 2.24) is 9.78 Å². The van der Waals surface area contributed by atoms with Gasteiger partial charge in [-0.3, -0.25) is 9.48 Å². The highest BCUT2D eigenvalue weighted by molar-refractivity contribution is 9.10. The maximum atomic E-state index is 10.3. The lowest BCUT2D eigenvalue weighted by Crippen LogP contribution is -1.99. The third kappa shape index (κ3) is 2.55. The molecule has 1 aromatic heterocycles. The molecule has 0 aliphatic heterocycles. The summed E-state index contributed by atoms with van der Waals surface area (Å²) in [5.41, 5.74) is 0.948. The number of rotatable bonds is 4. The Hall–Kier alpha value is -0.840. The van der Waals surface area contributed by atoms with Gasteiger partial charge >= 0.3 is 5.97 Å². The normalized spacial score (nSPS) is 10.3. The molecule has 1 aromatic rings. The average molecular weight is 247 g/mol. The molecule has 4 nitrogen and oxygen atoms in total. The van der Waals surface area contributed by atoms with Crippen LogP contribution in [0.2, 0.25) is 0 Å². The molecule has 0 radical (unpaired) electrons. The van der Waals surface area contributed by atoms with Crippen molar-refractivity contribution in [1.29, 1.82) is 0 Å². The first-order valence-corrected chi connectivity index (χ1v) is 4.86. The van der Waals surface area contributed by atoms with Crippen LogP contribution in [0.1, 0.15) is 18.9 Å². The Morgan fingerprint density at radius 3 is 2.92 bits per heavy atom. The SMILES string of the molecule is CCn1ncc(CCC(=O)O)c1Br. The first-order valence-electron chi connectivity index (χ1n) is 4.07. The second-order valence-corrected chi connectivity index (χ2v) is 3.42. The summed E-state index contributed by atoms with van der Waals surface area (Å²) in [6.07, 6.45) is 2.38. The number of hydrogen-bond donors (Lipinski definition) is 1. The van der Waals surface area contributed by atoms with Crippen LogP contribution in [-0.2, 0) is 17.8 Å². The number of halogens is 1. The number of carboxylic acid groups (broad SMARTS) is 1. The van der Waals surface area contributed by atoms with Crippen molar-refractivity contribution in [2.24, 2.45) is 0 Å². The van der Waals surface area contributed by atoms with Gasteiger partial charge in [-0.25, -0.2) is 0 Å². The quantitative estimate of drug-likeness (QED) is 0.880. The van der Waals surface area contributed by atoms with Gasteiger partial charge in [-0.2, -0.15) is 5.10 Å². The maximum Gasteiger partial charge on any atom is 0.303 e. The minimum Gasteiger partial charge on any atom is -0.481 e. The Bertz CT molecular complexity index is 309. The predicted octanol–water partition coefficient (Wildman–Crippen LogP) is 1.68. The number of carbonyl (C=O) groups is 1. The molecule has 1 rings (SSSR count). The zero-order valence-electron chi connectivity index (χ0n) is 7.33. The fourth-order valence-corrected chi connectivity index (χ4v) is 1.68. The van der Waals surface area contributed by atoms with Gasteiger partial charge in [0.05, 0.1) is 6.20 Å². The maximum absolute atomic E-state index is 10.3. The fourth-order valence-electron chi connectivity index (χ4n) is 1.04. The summed E-state index contributed by atoms with van der Waals surface area (Å²) in [7, 11) is 0. The molecule has 0 bridgehead atoms. The second kappa shape index (κ2) is 4.41. The molecule has 0 amide bonds. The van der Waals surface area contributed by atoms with E-state index >= 15 is 0 Å². The minimum absolute atomic E-state index is 0.147. The van der Waals surface area contributed by atoms with Crippen LogP contribution in [0.3, 0.4) is 0 Å². The summed E-state index contributed by atoms with van der Waals surface area (Å²) in [5, 5.41) is 12.6. The summed E-state index contributed by atoms with van der Waals surface area (Å²) >= 11 is 3.37. The summed E-state index contributed by atoms with van der Waals surface area (Å²) < 4.78 is 2.67. The number of aliphatic carboxylic acids is 1. The molecule has 0 saturated carbocycles. The molecule has 0 fully saturated rings. The third-order valence-corrected chi connectivity index (χ3v) is 2.67. The van der Waals surface area contributed by atoms with Crippen molar-refractivity contribution >= 4 is 21.9 Å².